The van der Waals surface area contributed by atoms with Gasteiger partial charge in [-0.15, -0.1) is 0 Å². The summed E-state index contributed by atoms with van der Waals surface area (Å²) in [4.78, 5) is 16.3. The molecule has 5 rings (SSSR count). The minimum atomic E-state index is -0.932. The normalized spacial score (nSPS) is 32.2. The topological polar surface area (TPSA) is 124 Å². The molecule has 4 saturated carbocycles. The molecule has 0 radical (unpaired) electrons. The van der Waals surface area contributed by atoms with Gasteiger partial charge in [-0.05, 0) is 75.8 Å². The highest BCUT2D eigenvalue weighted by molar-refractivity contribution is 5.91. The molecule has 0 aromatic heterocycles. The van der Waals surface area contributed by atoms with E-state index in [4.69, 9.17) is 10.5 Å². The Morgan fingerprint density at radius 3 is 2.50 bits per heavy atom. The summed E-state index contributed by atoms with van der Waals surface area (Å²) >= 11 is 0. The lowest BCUT2D eigenvalue weighted by Gasteiger charge is -2.59. The maximum Gasteiger partial charge on any atom is 0.223 e. The first-order valence-corrected chi connectivity index (χ1v) is 10.5. The number of amides is 1. The molecular formula is C23H27N5O2. The standard InChI is InChI=1S/C23H27N5O2/c1-22(2,30-18-6-4-3-5-15(18)12-24)21(27-13-25)28-19-16-7-14-8-17(19)11-23(9-14,10-16)20(26)29/h3-6,14,16-17,19H,7-11H2,1-2H3,(H2,26,29)(H,27,28). The SMILES string of the molecule is CC(C)(Oc1ccccc1C#N)/C(=N\C#N)NC1C2CC3CC1CC(C(N)=O)(C3)C2. The number of hydrogen-bond donors (Lipinski definition) is 2. The first kappa shape index (κ1) is 20.2. The summed E-state index contributed by atoms with van der Waals surface area (Å²) < 4.78 is 6.15. The third kappa shape index (κ3) is 3.39. The zero-order chi connectivity index (χ0) is 21.5. The van der Waals surface area contributed by atoms with Gasteiger partial charge in [0.1, 0.15) is 11.8 Å². The molecular weight excluding hydrogens is 378 g/mol. The van der Waals surface area contributed by atoms with Gasteiger partial charge >= 0.3 is 0 Å². The van der Waals surface area contributed by atoms with E-state index in [1.54, 1.807) is 18.2 Å². The molecule has 1 aromatic carbocycles. The number of hydrogen-bond acceptors (Lipinski definition) is 5. The fraction of sp³-hybridized carbons (Fsp3) is 0.565. The maximum absolute atomic E-state index is 12.2. The summed E-state index contributed by atoms with van der Waals surface area (Å²) in [6.45, 7) is 3.68. The lowest BCUT2D eigenvalue weighted by molar-refractivity contribution is -0.145. The van der Waals surface area contributed by atoms with Crippen molar-refractivity contribution in [2.75, 3.05) is 0 Å². The predicted octanol–water partition coefficient (Wildman–Crippen LogP) is 2.87. The second-order valence-electron chi connectivity index (χ2n) is 9.57. The molecule has 4 aliphatic carbocycles. The number of amidine groups is 1. The van der Waals surface area contributed by atoms with Crippen LogP contribution in [0.4, 0.5) is 0 Å². The Bertz CT molecular complexity index is 955. The monoisotopic (exact) mass is 405 g/mol. The highest BCUT2D eigenvalue weighted by Crippen LogP contribution is 2.60. The van der Waals surface area contributed by atoms with Crippen LogP contribution in [0.25, 0.3) is 0 Å². The smallest absolute Gasteiger partial charge is 0.223 e. The molecule has 30 heavy (non-hydrogen) atoms. The number of rotatable bonds is 5. The zero-order valence-electron chi connectivity index (χ0n) is 17.4. The molecule has 0 aliphatic heterocycles. The molecule has 0 saturated heterocycles. The molecule has 1 aromatic rings. The number of para-hydroxylation sites is 1. The molecule has 3 N–H and O–H groups in total. The van der Waals surface area contributed by atoms with E-state index < -0.39 is 5.60 Å². The van der Waals surface area contributed by atoms with E-state index in [1.807, 2.05) is 26.1 Å². The van der Waals surface area contributed by atoms with E-state index in [0.717, 1.165) is 32.1 Å². The Hall–Kier alpha value is -3.06. The van der Waals surface area contributed by atoms with Gasteiger partial charge in [0.15, 0.2) is 11.4 Å². The Labute approximate surface area is 176 Å². The van der Waals surface area contributed by atoms with Crippen LogP contribution >= 0.6 is 0 Å². The van der Waals surface area contributed by atoms with Crippen molar-refractivity contribution in [2.24, 2.45) is 33.9 Å². The van der Waals surface area contributed by atoms with Crippen molar-refractivity contribution in [3.63, 3.8) is 0 Å². The highest BCUT2D eigenvalue weighted by Gasteiger charge is 2.58. The van der Waals surface area contributed by atoms with E-state index >= 15 is 0 Å². The molecule has 1 amide bonds. The zero-order valence-corrected chi connectivity index (χ0v) is 17.4. The Morgan fingerprint density at radius 2 is 1.90 bits per heavy atom. The Morgan fingerprint density at radius 1 is 1.23 bits per heavy atom. The van der Waals surface area contributed by atoms with Crippen molar-refractivity contribution in [3.05, 3.63) is 29.8 Å². The lowest BCUT2D eigenvalue weighted by Crippen LogP contribution is -2.64. The van der Waals surface area contributed by atoms with Crippen molar-refractivity contribution in [3.8, 4) is 18.0 Å². The number of primary amides is 1. The fourth-order valence-electron chi connectivity index (χ4n) is 6.08. The molecule has 0 spiro atoms. The lowest BCUT2D eigenvalue weighted by atomic mass is 9.47. The summed E-state index contributed by atoms with van der Waals surface area (Å²) in [7, 11) is 0. The number of nitrogens with one attached hydrogen (secondary N) is 1. The minimum Gasteiger partial charge on any atom is -0.479 e. The molecule has 2 unspecified atom stereocenters. The van der Waals surface area contributed by atoms with Gasteiger partial charge in [0.25, 0.3) is 0 Å². The van der Waals surface area contributed by atoms with Gasteiger partial charge in [-0.2, -0.15) is 15.5 Å². The summed E-state index contributed by atoms with van der Waals surface area (Å²) in [5.74, 6) is 1.95. The molecule has 4 bridgehead atoms. The van der Waals surface area contributed by atoms with E-state index in [0.29, 0.717) is 34.9 Å². The van der Waals surface area contributed by atoms with E-state index in [-0.39, 0.29) is 17.4 Å². The average molecular weight is 406 g/mol. The molecule has 7 nitrogen and oxygen atoms in total. The Balaban J connectivity index is 1.56. The Kier molecular flexibility index (Phi) is 4.94. The van der Waals surface area contributed by atoms with Crippen LogP contribution in [0.2, 0.25) is 0 Å². The van der Waals surface area contributed by atoms with Crippen LogP contribution in [0.3, 0.4) is 0 Å². The van der Waals surface area contributed by atoms with E-state index in [2.05, 4.69) is 16.4 Å². The van der Waals surface area contributed by atoms with Crippen LogP contribution in [0.15, 0.2) is 29.3 Å². The van der Waals surface area contributed by atoms with Crippen molar-refractivity contribution in [2.45, 2.75) is 57.6 Å². The number of benzene rings is 1. The first-order chi connectivity index (χ1) is 14.3. The largest absolute Gasteiger partial charge is 0.479 e. The first-order valence-electron chi connectivity index (χ1n) is 10.5. The van der Waals surface area contributed by atoms with Crippen molar-refractivity contribution < 1.29 is 9.53 Å². The second kappa shape index (κ2) is 7.32. The number of carbonyl (C=O) groups excluding carboxylic acids is 1. The quantitative estimate of drug-likeness (QED) is 0.443. The molecule has 156 valence electrons. The number of nitrogens with two attached hydrogens (primary N) is 1. The van der Waals surface area contributed by atoms with Crippen molar-refractivity contribution in [1.29, 1.82) is 10.5 Å². The van der Waals surface area contributed by atoms with Gasteiger partial charge in [-0.1, -0.05) is 12.1 Å². The summed E-state index contributed by atoms with van der Waals surface area (Å²) in [5.41, 5.74) is 4.93. The minimum absolute atomic E-state index is 0.134. The summed E-state index contributed by atoms with van der Waals surface area (Å²) in [6.07, 6.45) is 6.55. The van der Waals surface area contributed by atoms with Crippen molar-refractivity contribution >= 4 is 11.7 Å². The average Bonchev–Trinajstić information content (AvgIpc) is 2.69. The summed E-state index contributed by atoms with van der Waals surface area (Å²) in [6, 6.07) is 9.29. The van der Waals surface area contributed by atoms with Crippen LogP contribution in [0.5, 0.6) is 5.75 Å². The molecule has 7 heteroatoms. The number of aliphatic imine (C=N–C) groups is 1. The number of ether oxygens (including phenoxy) is 1. The predicted molar refractivity (Wildman–Crippen MR) is 111 cm³/mol. The van der Waals surface area contributed by atoms with Crippen LogP contribution in [-0.2, 0) is 4.79 Å². The van der Waals surface area contributed by atoms with Gasteiger partial charge in [0.05, 0.1) is 5.56 Å². The van der Waals surface area contributed by atoms with Crippen LogP contribution in [0, 0.1) is 46.0 Å². The number of carbonyl (C=O) groups is 1. The summed E-state index contributed by atoms with van der Waals surface area (Å²) in [5, 5.41) is 22.2. The second-order valence-corrected chi connectivity index (χ2v) is 9.57. The third-order valence-corrected chi connectivity index (χ3v) is 7.20. The number of nitrogens with zero attached hydrogens (tertiary/aromatic N) is 3. The van der Waals surface area contributed by atoms with Gasteiger partial charge in [-0.25, -0.2) is 0 Å². The van der Waals surface area contributed by atoms with Gasteiger partial charge in [-0.3, -0.25) is 4.79 Å². The number of nitriles is 2. The fourth-order valence-corrected chi connectivity index (χ4v) is 6.08. The highest BCUT2D eigenvalue weighted by atomic mass is 16.5. The van der Waals surface area contributed by atoms with Gasteiger partial charge < -0.3 is 15.8 Å². The van der Waals surface area contributed by atoms with Crippen LogP contribution in [-0.4, -0.2) is 23.4 Å². The maximum atomic E-state index is 12.2. The molecule has 4 aliphatic rings. The molecule has 2 atom stereocenters. The van der Waals surface area contributed by atoms with E-state index in [9.17, 15) is 15.3 Å². The van der Waals surface area contributed by atoms with Gasteiger partial charge in [0, 0.05) is 11.5 Å². The van der Waals surface area contributed by atoms with Crippen molar-refractivity contribution in [1.82, 2.24) is 5.32 Å². The molecule has 4 fully saturated rings. The van der Waals surface area contributed by atoms with Crippen LogP contribution < -0.4 is 15.8 Å². The molecule has 0 heterocycles. The van der Waals surface area contributed by atoms with Gasteiger partial charge in [0.2, 0.25) is 12.1 Å². The van der Waals surface area contributed by atoms with Crippen LogP contribution in [0.1, 0.15) is 51.5 Å². The van der Waals surface area contributed by atoms with E-state index in [1.165, 1.54) is 0 Å². The third-order valence-electron chi connectivity index (χ3n) is 7.20.